The van der Waals surface area contributed by atoms with Gasteiger partial charge < -0.3 is 5.73 Å². The van der Waals surface area contributed by atoms with Crippen LogP contribution in [-0.2, 0) is 0 Å². The number of benzene rings is 2. The lowest BCUT2D eigenvalue weighted by atomic mass is 10.2. The van der Waals surface area contributed by atoms with E-state index in [4.69, 9.17) is 5.73 Å². The number of aromatic nitrogens is 4. The number of anilines is 1. The molecule has 2 N–H and O–H groups in total. The van der Waals surface area contributed by atoms with E-state index >= 15 is 0 Å². The summed E-state index contributed by atoms with van der Waals surface area (Å²) in [6.45, 7) is 2.04. The summed E-state index contributed by atoms with van der Waals surface area (Å²) in [6.07, 6.45) is 0. The lowest BCUT2D eigenvalue weighted by Gasteiger charge is -2.03. The smallest absolute Gasteiger partial charge is 0.165 e. The van der Waals surface area contributed by atoms with Crippen LogP contribution in [0.2, 0.25) is 0 Å². The first-order valence-corrected chi connectivity index (χ1v) is 7.68. The molecule has 2 aromatic heterocycles. The second kappa shape index (κ2) is 4.92. The topological polar surface area (TPSA) is 69.6 Å². The SMILES string of the molecule is Cc1ccc(-n2nnc(-c3nc4ccccc4s3)c2N)cc1. The third kappa shape index (κ3) is 2.05. The first-order chi connectivity index (χ1) is 10.7. The minimum Gasteiger partial charge on any atom is -0.382 e. The van der Waals surface area contributed by atoms with Gasteiger partial charge in [0.2, 0.25) is 0 Å². The Balaban J connectivity index is 1.82. The van der Waals surface area contributed by atoms with Crippen molar-refractivity contribution in [1.82, 2.24) is 20.0 Å². The van der Waals surface area contributed by atoms with Crippen molar-refractivity contribution in [2.45, 2.75) is 6.92 Å². The van der Waals surface area contributed by atoms with E-state index in [1.807, 2.05) is 55.5 Å². The molecule has 0 atom stereocenters. The first-order valence-electron chi connectivity index (χ1n) is 6.86. The molecular formula is C16H13N5S. The molecule has 0 saturated carbocycles. The highest BCUT2D eigenvalue weighted by Gasteiger charge is 2.16. The molecule has 0 spiro atoms. The number of hydrogen-bond donors (Lipinski definition) is 1. The lowest BCUT2D eigenvalue weighted by molar-refractivity contribution is 0.810. The molecule has 0 fully saturated rings. The second-order valence-corrected chi connectivity index (χ2v) is 6.09. The highest BCUT2D eigenvalue weighted by molar-refractivity contribution is 7.21. The predicted octanol–water partition coefficient (Wildman–Crippen LogP) is 3.43. The van der Waals surface area contributed by atoms with E-state index in [1.54, 1.807) is 16.0 Å². The number of fused-ring (bicyclic) bond motifs is 1. The zero-order valence-corrected chi connectivity index (χ0v) is 12.7. The van der Waals surface area contributed by atoms with Gasteiger partial charge in [0.1, 0.15) is 5.01 Å². The van der Waals surface area contributed by atoms with E-state index in [0.717, 1.165) is 20.9 Å². The molecule has 5 nitrogen and oxygen atoms in total. The van der Waals surface area contributed by atoms with Gasteiger partial charge in [0.15, 0.2) is 11.5 Å². The van der Waals surface area contributed by atoms with E-state index in [9.17, 15) is 0 Å². The standard InChI is InChI=1S/C16H13N5S/c1-10-6-8-11(9-7-10)21-15(17)14(19-20-21)16-18-12-4-2-3-5-13(12)22-16/h2-9H,17H2,1H3. The third-order valence-electron chi connectivity index (χ3n) is 3.48. The van der Waals surface area contributed by atoms with E-state index in [2.05, 4.69) is 15.3 Å². The summed E-state index contributed by atoms with van der Waals surface area (Å²) in [5.41, 5.74) is 9.89. The first kappa shape index (κ1) is 13.0. The van der Waals surface area contributed by atoms with Gasteiger partial charge in [0.05, 0.1) is 15.9 Å². The van der Waals surface area contributed by atoms with Gasteiger partial charge in [-0.1, -0.05) is 35.0 Å². The Labute approximate surface area is 131 Å². The normalized spacial score (nSPS) is 11.1. The Hall–Kier alpha value is -2.73. The predicted molar refractivity (Wildman–Crippen MR) is 89.1 cm³/mol. The van der Waals surface area contributed by atoms with Crippen molar-refractivity contribution in [1.29, 1.82) is 0 Å². The number of hydrogen-bond acceptors (Lipinski definition) is 5. The van der Waals surface area contributed by atoms with Crippen molar-refractivity contribution in [3.05, 3.63) is 54.1 Å². The van der Waals surface area contributed by atoms with Crippen molar-refractivity contribution in [2.75, 3.05) is 5.73 Å². The van der Waals surface area contributed by atoms with Crippen LogP contribution >= 0.6 is 11.3 Å². The van der Waals surface area contributed by atoms with Gasteiger partial charge in [-0.2, -0.15) is 4.68 Å². The monoisotopic (exact) mass is 307 g/mol. The molecule has 22 heavy (non-hydrogen) atoms. The number of para-hydroxylation sites is 1. The Morgan fingerprint density at radius 3 is 2.59 bits per heavy atom. The van der Waals surface area contributed by atoms with Crippen LogP contribution in [0.15, 0.2) is 48.5 Å². The van der Waals surface area contributed by atoms with Crippen LogP contribution in [0.1, 0.15) is 5.56 Å². The van der Waals surface area contributed by atoms with Crippen molar-refractivity contribution in [3.63, 3.8) is 0 Å². The van der Waals surface area contributed by atoms with Gasteiger partial charge in [-0.15, -0.1) is 16.4 Å². The molecule has 2 aromatic carbocycles. The van der Waals surface area contributed by atoms with E-state index in [-0.39, 0.29) is 0 Å². The number of aryl methyl sites for hydroxylation is 1. The van der Waals surface area contributed by atoms with Crippen LogP contribution in [0.3, 0.4) is 0 Å². The van der Waals surface area contributed by atoms with Crippen molar-refractivity contribution >= 4 is 27.4 Å². The van der Waals surface area contributed by atoms with E-state index in [0.29, 0.717) is 11.5 Å². The van der Waals surface area contributed by atoms with Crippen molar-refractivity contribution < 1.29 is 0 Å². The molecule has 0 radical (unpaired) electrons. The molecule has 4 rings (SSSR count). The number of thiazole rings is 1. The van der Waals surface area contributed by atoms with Gasteiger partial charge in [-0.25, -0.2) is 4.98 Å². The average Bonchev–Trinajstić information content (AvgIpc) is 3.11. The fourth-order valence-electron chi connectivity index (χ4n) is 2.29. The lowest BCUT2D eigenvalue weighted by Crippen LogP contribution is -2.02. The van der Waals surface area contributed by atoms with Crippen molar-refractivity contribution in [3.8, 4) is 16.4 Å². The number of rotatable bonds is 2. The number of nitrogens with two attached hydrogens (primary N) is 1. The summed E-state index contributed by atoms with van der Waals surface area (Å²) in [4.78, 5) is 4.59. The summed E-state index contributed by atoms with van der Waals surface area (Å²) in [6, 6.07) is 16.0. The molecule has 0 bridgehead atoms. The largest absolute Gasteiger partial charge is 0.382 e. The maximum atomic E-state index is 6.23. The highest BCUT2D eigenvalue weighted by Crippen LogP contribution is 2.32. The minimum absolute atomic E-state index is 0.503. The summed E-state index contributed by atoms with van der Waals surface area (Å²) in [7, 11) is 0. The molecule has 0 aliphatic carbocycles. The van der Waals surface area contributed by atoms with Gasteiger partial charge >= 0.3 is 0 Å². The molecule has 0 unspecified atom stereocenters. The van der Waals surface area contributed by atoms with Crippen LogP contribution in [0.5, 0.6) is 0 Å². The van der Waals surface area contributed by atoms with Gasteiger partial charge in [0.25, 0.3) is 0 Å². The van der Waals surface area contributed by atoms with Gasteiger partial charge in [-0.3, -0.25) is 0 Å². The quantitative estimate of drug-likeness (QED) is 0.616. The maximum absolute atomic E-state index is 6.23. The molecule has 2 heterocycles. The fraction of sp³-hybridized carbons (Fsp3) is 0.0625. The molecule has 0 amide bonds. The van der Waals surface area contributed by atoms with Crippen molar-refractivity contribution in [2.24, 2.45) is 0 Å². The second-order valence-electron chi connectivity index (χ2n) is 5.06. The van der Waals surface area contributed by atoms with Crippen LogP contribution in [0.4, 0.5) is 5.82 Å². The molecule has 108 valence electrons. The third-order valence-corrected chi connectivity index (χ3v) is 4.52. The Bertz CT molecular complexity index is 919. The molecule has 0 aliphatic heterocycles. The maximum Gasteiger partial charge on any atom is 0.165 e. The number of nitrogens with zero attached hydrogens (tertiary/aromatic N) is 4. The highest BCUT2D eigenvalue weighted by atomic mass is 32.1. The molecule has 4 aromatic rings. The Kier molecular flexibility index (Phi) is 2.90. The van der Waals surface area contributed by atoms with Crippen LogP contribution in [0.25, 0.3) is 26.6 Å². The summed E-state index contributed by atoms with van der Waals surface area (Å²) >= 11 is 1.57. The zero-order valence-electron chi connectivity index (χ0n) is 11.9. The Morgan fingerprint density at radius 1 is 1.05 bits per heavy atom. The molecule has 0 aliphatic rings. The average molecular weight is 307 g/mol. The van der Waals surface area contributed by atoms with E-state index in [1.165, 1.54) is 5.56 Å². The summed E-state index contributed by atoms with van der Waals surface area (Å²) in [5.74, 6) is 0.503. The number of nitrogen functional groups attached to an aromatic ring is 1. The Morgan fingerprint density at radius 2 is 1.82 bits per heavy atom. The van der Waals surface area contributed by atoms with Gasteiger partial charge in [0, 0.05) is 0 Å². The summed E-state index contributed by atoms with van der Waals surface area (Å²) < 4.78 is 2.75. The van der Waals surface area contributed by atoms with Crippen LogP contribution in [-0.4, -0.2) is 20.0 Å². The van der Waals surface area contributed by atoms with Crippen LogP contribution in [0, 0.1) is 6.92 Å². The fourth-order valence-corrected chi connectivity index (χ4v) is 3.25. The van der Waals surface area contributed by atoms with Crippen LogP contribution < -0.4 is 5.73 Å². The summed E-state index contributed by atoms with van der Waals surface area (Å²) in [5, 5.41) is 9.18. The van der Waals surface area contributed by atoms with E-state index < -0.39 is 0 Å². The molecule has 6 heteroatoms. The molecular weight excluding hydrogens is 294 g/mol. The zero-order chi connectivity index (χ0) is 15.1. The molecule has 0 saturated heterocycles. The minimum atomic E-state index is 0.503. The van der Waals surface area contributed by atoms with Gasteiger partial charge in [-0.05, 0) is 31.2 Å².